The van der Waals surface area contributed by atoms with Gasteiger partial charge in [0, 0.05) is 6.54 Å². The van der Waals surface area contributed by atoms with Crippen molar-refractivity contribution in [2.75, 3.05) is 5.75 Å². The van der Waals surface area contributed by atoms with Crippen molar-refractivity contribution >= 4 is 17.7 Å². The van der Waals surface area contributed by atoms with E-state index in [1.807, 2.05) is 30.3 Å². The molecular formula is C18H17FN4O2S. The lowest BCUT2D eigenvalue weighted by atomic mass is 10.2. The molecule has 0 bridgehead atoms. The number of amides is 1. The number of aromatic amines is 1. The average Bonchev–Trinajstić information content (AvgIpc) is 3.00. The van der Waals surface area contributed by atoms with E-state index in [9.17, 15) is 14.0 Å². The highest BCUT2D eigenvalue weighted by Gasteiger charge is 2.12. The quantitative estimate of drug-likeness (QED) is 0.623. The Bertz CT molecular complexity index is 922. The molecule has 26 heavy (non-hydrogen) atoms. The van der Waals surface area contributed by atoms with Gasteiger partial charge in [-0.05, 0) is 23.3 Å². The normalized spacial score (nSPS) is 10.7. The first-order chi connectivity index (χ1) is 12.6. The van der Waals surface area contributed by atoms with Crippen LogP contribution in [0.3, 0.4) is 0 Å². The molecule has 0 atom stereocenters. The fourth-order valence-corrected chi connectivity index (χ4v) is 3.08. The maximum Gasteiger partial charge on any atom is 0.344 e. The SMILES string of the molecule is O=C(CSc1n[nH]c(=O)n1Cc1ccccc1)NCc1ccc(F)cc1. The number of hydrogen-bond donors (Lipinski definition) is 2. The highest BCUT2D eigenvalue weighted by molar-refractivity contribution is 7.99. The zero-order valence-corrected chi connectivity index (χ0v) is 14.6. The summed E-state index contributed by atoms with van der Waals surface area (Å²) in [5, 5.41) is 9.60. The van der Waals surface area contributed by atoms with Gasteiger partial charge in [0.25, 0.3) is 0 Å². The number of thioether (sulfide) groups is 1. The van der Waals surface area contributed by atoms with Crippen LogP contribution in [-0.4, -0.2) is 26.4 Å². The van der Waals surface area contributed by atoms with Crippen molar-refractivity contribution in [3.05, 3.63) is 82.0 Å². The molecular weight excluding hydrogens is 355 g/mol. The van der Waals surface area contributed by atoms with Crippen molar-refractivity contribution < 1.29 is 9.18 Å². The van der Waals surface area contributed by atoms with Crippen molar-refractivity contribution in [3.8, 4) is 0 Å². The van der Waals surface area contributed by atoms with Crippen LogP contribution in [0.2, 0.25) is 0 Å². The Balaban J connectivity index is 1.55. The molecule has 0 aliphatic heterocycles. The Hall–Kier alpha value is -2.87. The van der Waals surface area contributed by atoms with Crippen molar-refractivity contribution in [1.82, 2.24) is 20.1 Å². The molecule has 1 aromatic heterocycles. The van der Waals surface area contributed by atoms with Crippen LogP contribution in [0.1, 0.15) is 11.1 Å². The minimum absolute atomic E-state index is 0.125. The number of benzene rings is 2. The lowest BCUT2D eigenvalue weighted by Gasteiger charge is -2.07. The smallest absolute Gasteiger partial charge is 0.344 e. The van der Waals surface area contributed by atoms with Crippen LogP contribution >= 0.6 is 11.8 Å². The third kappa shape index (κ3) is 4.82. The molecule has 3 rings (SSSR count). The molecule has 2 aromatic carbocycles. The molecule has 2 N–H and O–H groups in total. The van der Waals surface area contributed by atoms with Gasteiger partial charge in [0.2, 0.25) is 5.91 Å². The molecule has 0 fully saturated rings. The first-order valence-electron chi connectivity index (χ1n) is 7.95. The molecule has 8 heteroatoms. The molecule has 0 radical (unpaired) electrons. The second-order valence-corrected chi connectivity index (χ2v) is 6.52. The molecule has 1 heterocycles. The monoisotopic (exact) mass is 372 g/mol. The van der Waals surface area contributed by atoms with Gasteiger partial charge in [-0.2, -0.15) is 0 Å². The van der Waals surface area contributed by atoms with Gasteiger partial charge < -0.3 is 5.32 Å². The van der Waals surface area contributed by atoms with Gasteiger partial charge in [0.1, 0.15) is 5.82 Å². The highest BCUT2D eigenvalue weighted by atomic mass is 32.2. The van der Waals surface area contributed by atoms with Crippen LogP contribution in [0.15, 0.2) is 64.5 Å². The molecule has 0 aliphatic rings. The third-order valence-corrected chi connectivity index (χ3v) is 4.62. The predicted octanol–water partition coefficient (Wildman–Crippen LogP) is 2.17. The lowest BCUT2D eigenvalue weighted by Crippen LogP contribution is -2.25. The minimum Gasteiger partial charge on any atom is -0.351 e. The van der Waals surface area contributed by atoms with E-state index >= 15 is 0 Å². The summed E-state index contributed by atoms with van der Waals surface area (Å²) in [6, 6.07) is 15.5. The Kier molecular flexibility index (Phi) is 5.85. The van der Waals surface area contributed by atoms with Gasteiger partial charge in [0.05, 0.1) is 12.3 Å². The van der Waals surface area contributed by atoms with E-state index in [1.54, 1.807) is 12.1 Å². The molecule has 0 unspecified atom stereocenters. The van der Waals surface area contributed by atoms with Crippen LogP contribution < -0.4 is 11.0 Å². The van der Waals surface area contributed by atoms with Gasteiger partial charge in [0.15, 0.2) is 5.16 Å². The van der Waals surface area contributed by atoms with Crippen molar-refractivity contribution in [3.63, 3.8) is 0 Å². The van der Waals surface area contributed by atoms with Crippen molar-refractivity contribution in [1.29, 1.82) is 0 Å². The molecule has 134 valence electrons. The largest absolute Gasteiger partial charge is 0.351 e. The van der Waals surface area contributed by atoms with Gasteiger partial charge in [-0.25, -0.2) is 14.3 Å². The number of hydrogen-bond acceptors (Lipinski definition) is 4. The van der Waals surface area contributed by atoms with Crippen LogP contribution in [-0.2, 0) is 17.9 Å². The summed E-state index contributed by atoms with van der Waals surface area (Å²) < 4.78 is 14.4. The van der Waals surface area contributed by atoms with E-state index in [0.717, 1.165) is 11.1 Å². The summed E-state index contributed by atoms with van der Waals surface area (Å²) in [6.07, 6.45) is 0. The Morgan fingerprint density at radius 3 is 2.58 bits per heavy atom. The fourth-order valence-electron chi connectivity index (χ4n) is 2.30. The number of nitrogens with one attached hydrogen (secondary N) is 2. The van der Waals surface area contributed by atoms with Crippen LogP contribution in [0.5, 0.6) is 0 Å². The molecule has 3 aromatic rings. The number of carbonyl (C=O) groups is 1. The summed E-state index contributed by atoms with van der Waals surface area (Å²) in [5.41, 5.74) is 1.46. The molecule has 0 spiro atoms. The Morgan fingerprint density at radius 1 is 1.12 bits per heavy atom. The predicted molar refractivity (Wildman–Crippen MR) is 97.4 cm³/mol. The summed E-state index contributed by atoms with van der Waals surface area (Å²) in [4.78, 5) is 23.9. The molecule has 0 aliphatic carbocycles. The molecule has 6 nitrogen and oxygen atoms in total. The molecule has 0 saturated carbocycles. The fraction of sp³-hybridized carbons (Fsp3) is 0.167. The standard InChI is InChI=1S/C18H17FN4O2S/c19-15-8-6-13(7-9-15)10-20-16(24)12-26-18-22-21-17(25)23(18)11-14-4-2-1-3-5-14/h1-9H,10-12H2,(H,20,24)(H,21,25). The van der Waals surface area contributed by atoms with Gasteiger partial charge in [-0.3, -0.25) is 9.36 Å². The molecule has 1 amide bonds. The summed E-state index contributed by atoms with van der Waals surface area (Å²) >= 11 is 1.18. The Labute approximate surface area is 153 Å². The van der Waals surface area contributed by atoms with Crippen molar-refractivity contribution in [2.45, 2.75) is 18.2 Å². The number of H-pyrrole nitrogens is 1. The molecule has 0 saturated heterocycles. The number of nitrogens with zero attached hydrogens (tertiary/aromatic N) is 2. The van der Waals surface area contributed by atoms with E-state index < -0.39 is 0 Å². The maximum atomic E-state index is 12.9. The number of halogens is 1. The summed E-state index contributed by atoms with van der Waals surface area (Å²) in [6.45, 7) is 0.701. The zero-order valence-electron chi connectivity index (χ0n) is 13.8. The maximum absolute atomic E-state index is 12.9. The summed E-state index contributed by atoms with van der Waals surface area (Å²) in [5.74, 6) is -0.383. The van der Waals surface area contributed by atoms with E-state index in [-0.39, 0.29) is 23.2 Å². The average molecular weight is 372 g/mol. The summed E-state index contributed by atoms with van der Waals surface area (Å²) in [7, 11) is 0. The third-order valence-electron chi connectivity index (χ3n) is 3.64. The first kappa shape index (κ1) is 17.9. The van der Waals surface area contributed by atoms with Gasteiger partial charge in [-0.1, -0.05) is 54.2 Å². The second-order valence-electron chi connectivity index (χ2n) is 5.57. The first-order valence-corrected chi connectivity index (χ1v) is 8.93. The van der Waals surface area contributed by atoms with Gasteiger partial charge >= 0.3 is 5.69 Å². The highest BCUT2D eigenvalue weighted by Crippen LogP contribution is 2.14. The van der Waals surface area contributed by atoms with E-state index in [0.29, 0.717) is 18.2 Å². The zero-order chi connectivity index (χ0) is 18.4. The van der Waals surface area contributed by atoms with Crippen LogP contribution in [0, 0.1) is 5.82 Å². The minimum atomic E-state index is -0.317. The van der Waals surface area contributed by atoms with Gasteiger partial charge in [-0.15, -0.1) is 5.10 Å². The lowest BCUT2D eigenvalue weighted by molar-refractivity contribution is -0.118. The van der Waals surface area contributed by atoms with Crippen LogP contribution in [0.4, 0.5) is 4.39 Å². The topological polar surface area (TPSA) is 79.8 Å². The van der Waals surface area contributed by atoms with E-state index in [4.69, 9.17) is 0 Å². The van der Waals surface area contributed by atoms with Crippen LogP contribution in [0.25, 0.3) is 0 Å². The Morgan fingerprint density at radius 2 is 1.85 bits per heavy atom. The number of aromatic nitrogens is 3. The second kappa shape index (κ2) is 8.48. The van der Waals surface area contributed by atoms with E-state index in [1.165, 1.54) is 28.5 Å². The number of carbonyl (C=O) groups excluding carboxylic acids is 1. The van der Waals surface area contributed by atoms with Crippen molar-refractivity contribution in [2.24, 2.45) is 0 Å². The number of rotatable bonds is 7. The van der Waals surface area contributed by atoms with E-state index in [2.05, 4.69) is 15.5 Å².